The number of methoxy groups -OCH3 is 1. The second-order valence-corrected chi connectivity index (χ2v) is 8.28. The normalized spacial score (nSPS) is 11.2. The molecule has 0 saturated carbocycles. The molecule has 0 saturated heterocycles. The van der Waals surface area contributed by atoms with Gasteiger partial charge in [0.1, 0.15) is 0 Å². The van der Waals surface area contributed by atoms with Crippen molar-refractivity contribution in [1.82, 2.24) is 4.98 Å². The summed E-state index contributed by atoms with van der Waals surface area (Å²) in [5, 5.41) is 6.55. The predicted octanol–water partition coefficient (Wildman–Crippen LogP) is 7.66. The second-order valence-electron chi connectivity index (χ2n) is 8.28. The molecule has 0 aliphatic heterocycles. The molecule has 162 valence electrons. The first-order valence-corrected chi connectivity index (χ1v) is 11.2. The Kier molecular flexibility index (Phi) is 4.81. The Balaban J connectivity index is 1.78. The fraction of sp³-hybridized carbons (Fsp3) is 0.0323. The van der Waals surface area contributed by atoms with E-state index in [-0.39, 0.29) is 0 Å². The Morgan fingerprint density at radius 1 is 0.647 bits per heavy atom. The molecule has 5 aromatic carbocycles. The average Bonchev–Trinajstić information content (AvgIpc) is 2.91. The zero-order valence-corrected chi connectivity index (χ0v) is 18.7. The van der Waals surface area contributed by atoms with Crippen molar-refractivity contribution in [2.75, 3.05) is 7.11 Å². The van der Waals surface area contributed by atoms with Crippen LogP contribution in [0.2, 0.25) is 0 Å². The summed E-state index contributed by atoms with van der Waals surface area (Å²) in [6.45, 7) is 0. The third-order valence-corrected chi connectivity index (χ3v) is 6.38. The third kappa shape index (κ3) is 3.13. The molecule has 0 fully saturated rings. The van der Waals surface area contributed by atoms with E-state index in [4.69, 9.17) is 9.72 Å². The predicted molar refractivity (Wildman–Crippen MR) is 139 cm³/mol. The van der Waals surface area contributed by atoms with Crippen molar-refractivity contribution in [3.05, 3.63) is 115 Å². The molecule has 0 unspecified atom stereocenters. The van der Waals surface area contributed by atoms with Crippen molar-refractivity contribution in [2.45, 2.75) is 0 Å². The topological polar surface area (TPSA) is 39.2 Å². The first-order valence-electron chi connectivity index (χ1n) is 11.2. The number of hydrogen-bond acceptors (Lipinski definition) is 3. The summed E-state index contributed by atoms with van der Waals surface area (Å²) in [5.74, 6) is -0.448. The highest BCUT2D eigenvalue weighted by molar-refractivity contribution is 6.17. The fourth-order valence-corrected chi connectivity index (χ4v) is 4.86. The average molecular weight is 440 g/mol. The summed E-state index contributed by atoms with van der Waals surface area (Å²) >= 11 is 0. The van der Waals surface area contributed by atoms with Crippen LogP contribution >= 0.6 is 0 Å². The molecular weight excluding hydrogens is 418 g/mol. The lowest BCUT2D eigenvalue weighted by Crippen LogP contribution is -2.09. The largest absolute Gasteiger partial charge is 0.464 e. The Labute approximate surface area is 197 Å². The van der Waals surface area contributed by atoms with Crippen molar-refractivity contribution < 1.29 is 9.53 Å². The molecule has 1 heterocycles. The quantitative estimate of drug-likeness (QED) is 0.210. The molecule has 3 nitrogen and oxygen atoms in total. The highest BCUT2D eigenvalue weighted by atomic mass is 16.5. The molecule has 6 aromatic rings. The Hall–Kier alpha value is -4.50. The molecule has 6 rings (SSSR count). The number of benzene rings is 5. The lowest BCUT2D eigenvalue weighted by atomic mass is 9.90. The number of pyridine rings is 1. The molecular formula is C31H21NO2. The fourth-order valence-electron chi connectivity index (χ4n) is 4.86. The first kappa shape index (κ1) is 20.1. The lowest BCUT2D eigenvalue weighted by molar-refractivity contribution is 0.0595. The van der Waals surface area contributed by atoms with Gasteiger partial charge in [-0.05, 0) is 38.6 Å². The number of carbonyl (C=O) groups is 1. The maximum Gasteiger partial charge on any atom is 0.357 e. The van der Waals surface area contributed by atoms with Crippen LogP contribution in [0.5, 0.6) is 0 Å². The van der Waals surface area contributed by atoms with Crippen LogP contribution in [0.25, 0.3) is 54.7 Å². The van der Waals surface area contributed by atoms with Crippen LogP contribution in [0, 0.1) is 0 Å². The number of aromatic nitrogens is 1. The van der Waals surface area contributed by atoms with Crippen LogP contribution in [0.4, 0.5) is 0 Å². The number of nitrogens with zero attached hydrogens (tertiary/aromatic N) is 1. The van der Waals surface area contributed by atoms with Crippen LogP contribution in [-0.2, 0) is 4.74 Å². The van der Waals surface area contributed by atoms with Crippen LogP contribution in [0.3, 0.4) is 0 Å². The number of rotatable bonds is 3. The van der Waals surface area contributed by atoms with E-state index in [1.54, 1.807) is 0 Å². The van der Waals surface area contributed by atoms with Gasteiger partial charge in [-0.3, -0.25) is 0 Å². The second kappa shape index (κ2) is 8.13. The summed E-state index contributed by atoms with van der Waals surface area (Å²) in [6, 6.07) is 37.0. The van der Waals surface area contributed by atoms with Crippen LogP contribution in [0.1, 0.15) is 10.5 Å². The van der Waals surface area contributed by atoms with E-state index in [0.717, 1.165) is 49.3 Å². The Morgan fingerprint density at radius 2 is 1.24 bits per heavy atom. The summed E-state index contributed by atoms with van der Waals surface area (Å²) in [6.07, 6.45) is 0. The Morgan fingerprint density at radius 3 is 1.97 bits per heavy atom. The molecule has 0 N–H and O–H groups in total. The third-order valence-electron chi connectivity index (χ3n) is 6.38. The molecule has 0 atom stereocenters. The first-order chi connectivity index (χ1) is 16.8. The van der Waals surface area contributed by atoms with E-state index in [1.807, 2.05) is 54.6 Å². The van der Waals surface area contributed by atoms with E-state index in [0.29, 0.717) is 5.69 Å². The van der Waals surface area contributed by atoms with Gasteiger partial charge >= 0.3 is 5.97 Å². The maximum atomic E-state index is 13.0. The maximum absolute atomic E-state index is 13.0. The monoisotopic (exact) mass is 439 g/mol. The van der Waals surface area contributed by atoms with Crippen LogP contribution in [0.15, 0.2) is 109 Å². The van der Waals surface area contributed by atoms with Crippen molar-refractivity contribution in [2.24, 2.45) is 0 Å². The summed E-state index contributed by atoms with van der Waals surface area (Å²) < 4.78 is 5.19. The number of carbonyl (C=O) groups excluding carboxylic acids is 1. The van der Waals surface area contributed by atoms with Gasteiger partial charge in [0.2, 0.25) is 0 Å². The van der Waals surface area contributed by atoms with Crippen molar-refractivity contribution in [1.29, 1.82) is 0 Å². The highest BCUT2D eigenvalue weighted by Gasteiger charge is 2.23. The molecule has 0 amide bonds. The van der Waals surface area contributed by atoms with E-state index in [1.165, 1.54) is 12.5 Å². The van der Waals surface area contributed by atoms with Crippen LogP contribution < -0.4 is 0 Å². The lowest BCUT2D eigenvalue weighted by Gasteiger charge is -2.17. The van der Waals surface area contributed by atoms with Gasteiger partial charge in [0.15, 0.2) is 5.69 Å². The van der Waals surface area contributed by atoms with Crippen molar-refractivity contribution >= 4 is 38.3 Å². The molecule has 0 aliphatic rings. The molecule has 34 heavy (non-hydrogen) atoms. The molecule has 3 heteroatoms. The van der Waals surface area contributed by atoms with E-state index in [9.17, 15) is 4.79 Å². The van der Waals surface area contributed by atoms with E-state index < -0.39 is 5.97 Å². The molecule has 0 radical (unpaired) electrons. The summed E-state index contributed by atoms with van der Waals surface area (Å²) in [4.78, 5) is 18.0. The van der Waals surface area contributed by atoms with Gasteiger partial charge in [-0.1, -0.05) is 103 Å². The summed E-state index contributed by atoms with van der Waals surface area (Å²) in [5.41, 5.74) is 3.81. The molecule has 1 aromatic heterocycles. The standard InChI is InChI=1S/C31H21NO2/c1-34-31(33)30-28(20-11-3-2-4-12-20)25-17-9-10-18-26(25)29(32-30)27-19-21-13-5-6-14-22(21)23-15-7-8-16-24(23)27/h2-19H,1H3. The van der Waals surface area contributed by atoms with Gasteiger partial charge in [0.05, 0.1) is 12.8 Å². The minimum Gasteiger partial charge on any atom is -0.464 e. The van der Waals surface area contributed by atoms with Gasteiger partial charge in [0.25, 0.3) is 0 Å². The molecule has 0 aliphatic carbocycles. The van der Waals surface area contributed by atoms with Crippen molar-refractivity contribution in [3.63, 3.8) is 0 Å². The van der Waals surface area contributed by atoms with Crippen molar-refractivity contribution in [3.8, 4) is 22.4 Å². The zero-order valence-electron chi connectivity index (χ0n) is 18.7. The SMILES string of the molecule is COC(=O)c1nc(-c2cc3ccccc3c3ccccc23)c2ccccc2c1-c1ccccc1. The molecule has 0 spiro atoms. The van der Waals surface area contributed by atoms with Crippen LogP contribution in [-0.4, -0.2) is 18.1 Å². The van der Waals surface area contributed by atoms with Gasteiger partial charge in [0, 0.05) is 16.5 Å². The molecule has 0 bridgehead atoms. The van der Waals surface area contributed by atoms with Gasteiger partial charge in [-0.15, -0.1) is 0 Å². The number of esters is 1. The smallest absolute Gasteiger partial charge is 0.357 e. The Bertz CT molecular complexity index is 1700. The number of fused-ring (bicyclic) bond motifs is 4. The highest BCUT2D eigenvalue weighted by Crippen LogP contribution is 2.40. The van der Waals surface area contributed by atoms with Gasteiger partial charge in [-0.2, -0.15) is 0 Å². The number of ether oxygens (including phenoxy) is 1. The number of hydrogen-bond donors (Lipinski definition) is 0. The summed E-state index contributed by atoms with van der Waals surface area (Å²) in [7, 11) is 1.40. The van der Waals surface area contributed by atoms with E-state index >= 15 is 0 Å². The van der Waals surface area contributed by atoms with Gasteiger partial charge < -0.3 is 4.74 Å². The van der Waals surface area contributed by atoms with E-state index in [2.05, 4.69) is 54.6 Å². The minimum atomic E-state index is -0.448. The zero-order chi connectivity index (χ0) is 23.1. The minimum absolute atomic E-state index is 0.319. The van der Waals surface area contributed by atoms with Gasteiger partial charge in [-0.25, -0.2) is 9.78 Å².